The first-order valence-electron chi connectivity index (χ1n) is 5.05. The Bertz CT molecular complexity index is 411. The molecule has 0 spiro atoms. The van der Waals surface area contributed by atoms with Crippen LogP contribution >= 0.6 is 0 Å². The van der Waals surface area contributed by atoms with E-state index in [9.17, 15) is 18.0 Å². The van der Waals surface area contributed by atoms with Crippen LogP contribution in [0.15, 0.2) is 6.20 Å². The molecular formula is C10H14F3N3O. The van der Waals surface area contributed by atoms with Gasteiger partial charge >= 0.3 is 6.18 Å². The van der Waals surface area contributed by atoms with E-state index in [1.807, 2.05) is 0 Å². The van der Waals surface area contributed by atoms with Crippen LogP contribution in [0, 0.1) is 6.92 Å². The number of carbonyl (C=O) groups excluding carboxylic acids is 1. The van der Waals surface area contributed by atoms with E-state index in [4.69, 9.17) is 0 Å². The maximum atomic E-state index is 12.0. The van der Waals surface area contributed by atoms with Crippen molar-refractivity contribution in [1.82, 2.24) is 15.1 Å². The van der Waals surface area contributed by atoms with Crippen LogP contribution in [0.4, 0.5) is 13.2 Å². The Labute approximate surface area is 96.8 Å². The van der Waals surface area contributed by atoms with Gasteiger partial charge in [-0.15, -0.1) is 0 Å². The van der Waals surface area contributed by atoms with E-state index < -0.39 is 24.5 Å². The first-order valence-corrected chi connectivity index (χ1v) is 5.05. The molecule has 1 aromatic rings. The Morgan fingerprint density at radius 2 is 2.18 bits per heavy atom. The quantitative estimate of drug-likeness (QED) is 0.888. The average Bonchev–Trinajstić information content (AvgIpc) is 2.44. The summed E-state index contributed by atoms with van der Waals surface area (Å²) >= 11 is 0. The van der Waals surface area contributed by atoms with E-state index in [-0.39, 0.29) is 0 Å². The van der Waals surface area contributed by atoms with Crippen molar-refractivity contribution >= 4 is 5.91 Å². The minimum Gasteiger partial charge on any atom is -0.349 e. The number of rotatable bonds is 3. The van der Waals surface area contributed by atoms with Crippen LogP contribution in [0.5, 0.6) is 0 Å². The molecule has 0 saturated heterocycles. The van der Waals surface area contributed by atoms with Crippen LogP contribution in [0.1, 0.15) is 30.6 Å². The highest BCUT2D eigenvalue weighted by molar-refractivity contribution is 5.77. The number of aryl methyl sites for hydroxylation is 1. The van der Waals surface area contributed by atoms with E-state index in [1.54, 1.807) is 25.6 Å². The molecule has 1 N–H and O–H groups in total. The number of halogens is 3. The predicted molar refractivity (Wildman–Crippen MR) is 55.2 cm³/mol. The maximum absolute atomic E-state index is 12.0. The van der Waals surface area contributed by atoms with Crippen LogP contribution < -0.4 is 5.32 Å². The normalized spacial score (nSPS) is 13.5. The van der Waals surface area contributed by atoms with E-state index >= 15 is 0 Å². The first kappa shape index (κ1) is 13.5. The molecule has 0 unspecified atom stereocenters. The molecule has 0 saturated carbocycles. The molecule has 1 atom stereocenters. The van der Waals surface area contributed by atoms with Gasteiger partial charge in [-0.3, -0.25) is 9.48 Å². The summed E-state index contributed by atoms with van der Waals surface area (Å²) in [6.07, 6.45) is -4.40. The molecule has 0 radical (unpaired) electrons. The topological polar surface area (TPSA) is 46.9 Å². The van der Waals surface area contributed by atoms with Crippen LogP contribution in [0.25, 0.3) is 0 Å². The summed E-state index contributed by atoms with van der Waals surface area (Å²) in [5.74, 6) is -1.03. The molecule has 0 aliphatic heterocycles. The molecule has 1 rings (SSSR count). The van der Waals surface area contributed by atoms with Gasteiger partial charge in [-0.05, 0) is 13.8 Å². The summed E-state index contributed by atoms with van der Waals surface area (Å²) in [5.41, 5.74) is 1.52. The summed E-state index contributed by atoms with van der Waals surface area (Å²) in [7, 11) is 1.73. The number of alkyl halides is 3. The molecule has 0 aromatic carbocycles. The highest BCUT2D eigenvalue weighted by atomic mass is 19.4. The molecule has 1 aromatic heterocycles. The second-order valence-corrected chi connectivity index (χ2v) is 3.89. The van der Waals surface area contributed by atoms with E-state index in [2.05, 4.69) is 10.4 Å². The summed E-state index contributed by atoms with van der Waals surface area (Å²) in [5, 5.41) is 6.26. The molecule has 1 heterocycles. The Morgan fingerprint density at radius 3 is 2.59 bits per heavy atom. The number of hydrogen-bond donors (Lipinski definition) is 1. The van der Waals surface area contributed by atoms with Gasteiger partial charge in [0.2, 0.25) is 5.91 Å². The molecule has 0 aliphatic rings. The Morgan fingerprint density at radius 1 is 1.59 bits per heavy atom. The second kappa shape index (κ2) is 4.77. The zero-order valence-corrected chi connectivity index (χ0v) is 9.80. The molecular weight excluding hydrogens is 235 g/mol. The number of nitrogens with one attached hydrogen (secondary N) is 1. The Kier molecular flexibility index (Phi) is 3.79. The van der Waals surface area contributed by atoms with Gasteiger partial charge in [0.1, 0.15) is 6.42 Å². The highest BCUT2D eigenvalue weighted by Crippen LogP contribution is 2.21. The zero-order chi connectivity index (χ0) is 13.2. The smallest absolute Gasteiger partial charge is 0.349 e. The lowest BCUT2D eigenvalue weighted by Gasteiger charge is -2.14. The lowest BCUT2D eigenvalue weighted by molar-refractivity contribution is -0.154. The standard InChI is InChI=1S/C10H14F3N3O/c1-6(8-5-14-16(3)7(8)2)15-9(17)4-10(11,12)13/h5-6H,4H2,1-3H3,(H,15,17)/t6-/m0/s1. The minimum absolute atomic E-state index is 0.487. The first-order chi connectivity index (χ1) is 7.70. The summed E-state index contributed by atoms with van der Waals surface area (Å²) in [4.78, 5) is 11.1. The van der Waals surface area contributed by atoms with Crippen LogP contribution in [0.3, 0.4) is 0 Å². The molecule has 0 aliphatic carbocycles. The van der Waals surface area contributed by atoms with Gasteiger partial charge in [-0.1, -0.05) is 0 Å². The molecule has 17 heavy (non-hydrogen) atoms. The second-order valence-electron chi connectivity index (χ2n) is 3.89. The number of nitrogens with zero attached hydrogens (tertiary/aromatic N) is 2. The fourth-order valence-electron chi connectivity index (χ4n) is 1.49. The highest BCUT2D eigenvalue weighted by Gasteiger charge is 2.31. The molecule has 0 bridgehead atoms. The van der Waals surface area contributed by atoms with Crippen molar-refractivity contribution in [3.63, 3.8) is 0 Å². The SMILES string of the molecule is Cc1c([C@H](C)NC(=O)CC(F)(F)F)cnn1C. The van der Waals surface area contributed by atoms with Gasteiger partial charge in [-0.25, -0.2) is 0 Å². The maximum Gasteiger partial charge on any atom is 0.397 e. The molecule has 1 amide bonds. The summed E-state index contributed by atoms with van der Waals surface area (Å²) in [6, 6.07) is -0.487. The number of carbonyl (C=O) groups is 1. The van der Waals surface area contributed by atoms with Crippen LogP contribution in [-0.2, 0) is 11.8 Å². The molecule has 96 valence electrons. The van der Waals surface area contributed by atoms with Gasteiger partial charge in [-0.2, -0.15) is 18.3 Å². The van der Waals surface area contributed by atoms with Gasteiger partial charge in [0.25, 0.3) is 0 Å². The minimum atomic E-state index is -4.48. The van der Waals surface area contributed by atoms with Crippen molar-refractivity contribution in [3.8, 4) is 0 Å². The van der Waals surface area contributed by atoms with Gasteiger partial charge in [0, 0.05) is 18.3 Å². The third-order valence-electron chi connectivity index (χ3n) is 2.48. The third kappa shape index (κ3) is 3.76. The number of aromatic nitrogens is 2. The van der Waals surface area contributed by atoms with Gasteiger partial charge in [0.05, 0.1) is 12.2 Å². The molecule has 4 nitrogen and oxygen atoms in total. The fraction of sp³-hybridized carbons (Fsp3) is 0.600. The largest absolute Gasteiger partial charge is 0.397 e. The fourth-order valence-corrected chi connectivity index (χ4v) is 1.49. The van der Waals surface area contributed by atoms with E-state index in [1.165, 1.54) is 6.20 Å². The molecule has 7 heteroatoms. The lowest BCUT2D eigenvalue weighted by atomic mass is 10.1. The number of amides is 1. The van der Waals surface area contributed by atoms with E-state index in [0.717, 1.165) is 5.69 Å². The zero-order valence-electron chi connectivity index (χ0n) is 9.80. The Hall–Kier alpha value is -1.53. The van der Waals surface area contributed by atoms with Crippen LogP contribution in [0.2, 0.25) is 0 Å². The molecule has 0 fully saturated rings. The van der Waals surface area contributed by atoms with E-state index in [0.29, 0.717) is 5.56 Å². The van der Waals surface area contributed by atoms with Crippen molar-refractivity contribution in [3.05, 3.63) is 17.5 Å². The van der Waals surface area contributed by atoms with Crippen molar-refractivity contribution in [1.29, 1.82) is 0 Å². The van der Waals surface area contributed by atoms with Crippen LogP contribution in [-0.4, -0.2) is 21.9 Å². The summed E-state index contributed by atoms with van der Waals surface area (Å²) in [6.45, 7) is 3.41. The van der Waals surface area contributed by atoms with Crippen molar-refractivity contribution in [2.45, 2.75) is 32.5 Å². The van der Waals surface area contributed by atoms with Gasteiger partial charge < -0.3 is 5.32 Å². The van der Waals surface area contributed by atoms with Crippen molar-refractivity contribution in [2.24, 2.45) is 7.05 Å². The lowest BCUT2D eigenvalue weighted by Crippen LogP contribution is -2.30. The monoisotopic (exact) mass is 249 g/mol. The average molecular weight is 249 g/mol. The Balaban J connectivity index is 2.64. The summed E-state index contributed by atoms with van der Waals surface area (Å²) < 4.78 is 37.5. The van der Waals surface area contributed by atoms with Gasteiger partial charge in [0.15, 0.2) is 0 Å². The predicted octanol–water partition coefficient (Wildman–Crippen LogP) is 1.86. The van der Waals surface area contributed by atoms with Crippen molar-refractivity contribution < 1.29 is 18.0 Å². The van der Waals surface area contributed by atoms with Crippen molar-refractivity contribution in [2.75, 3.05) is 0 Å². The third-order valence-corrected chi connectivity index (χ3v) is 2.48. The number of hydrogen-bond acceptors (Lipinski definition) is 2.